The molecule has 0 spiro atoms. The Morgan fingerprint density at radius 2 is 1.87 bits per heavy atom. The van der Waals surface area contributed by atoms with Gasteiger partial charge in [0, 0.05) is 5.56 Å². The fourth-order valence-electron chi connectivity index (χ4n) is 1.37. The minimum Gasteiger partial charge on any atom is -0.207 e. The number of nitrogens with zero attached hydrogens (tertiary/aromatic N) is 2. The Morgan fingerprint density at radius 1 is 1.13 bits per heavy atom. The number of aromatic nitrogens is 3. The van der Waals surface area contributed by atoms with Gasteiger partial charge in [-0.05, 0) is 25.0 Å². The zero-order valence-electron chi connectivity index (χ0n) is 7.87. The summed E-state index contributed by atoms with van der Waals surface area (Å²) in [6, 6.07) is 3.85. The Morgan fingerprint density at radius 3 is 2.47 bits per heavy atom. The van der Waals surface area contributed by atoms with Crippen LogP contribution in [-0.4, -0.2) is 15.4 Å². The van der Waals surface area contributed by atoms with E-state index in [0.717, 1.165) is 0 Å². The minimum atomic E-state index is -0.515. The molecular formula is C10H9F2N3. The quantitative estimate of drug-likeness (QED) is 0.838. The molecule has 1 heterocycles. The zero-order chi connectivity index (χ0) is 10.7. The summed E-state index contributed by atoms with van der Waals surface area (Å²) in [5.41, 5.74) is 0.790. The molecule has 3 nitrogen and oxygen atoms in total. The van der Waals surface area contributed by atoms with Crippen LogP contribution in [0.4, 0.5) is 8.78 Å². The monoisotopic (exact) mass is 209 g/mol. The molecule has 1 aromatic heterocycles. The van der Waals surface area contributed by atoms with Crippen LogP contribution in [0.25, 0.3) is 0 Å². The highest BCUT2D eigenvalue weighted by Gasteiger charge is 2.08. The summed E-state index contributed by atoms with van der Waals surface area (Å²) in [5, 5.41) is 9.87. The van der Waals surface area contributed by atoms with E-state index in [1.807, 2.05) is 0 Å². The summed E-state index contributed by atoms with van der Waals surface area (Å²) in [7, 11) is 0. The number of aryl methyl sites for hydroxylation is 1. The van der Waals surface area contributed by atoms with Gasteiger partial charge in [0.1, 0.15) is 11.6 Å². The third-order valence-corrected chi connectivity index (χ3v) is 2.16. The predicted molar refractivity (Wildman–Crippen MR) is 50.1 cm³/mol. The van der Waals surface area contributed by atoms with Crippen LogP contribution in [0.2, 0.25) is 0 Å². The van der Waals surface area contributed by atoms with Crippen LogP contribution >= 0.6 is 0 Å². The first-order valence-electron chi connectivity index (χ1n) is 4.55. The SMILES string of the molecule is Fc1cccc(F)c1CCc1cn[nH]n1. The summed E-state index contributed by atoms with van der Waals surface area (Å²) >= 11 is 0. The number of rotatable bonds is 3. The molecule has 78 valence electrons. The van der Waals surface area contributed by atoms with Gasteiger partial charge >= 0.3 is 0 Å². The van der Waals surface area contributed by atoms with E-state index in [4.69, 9.17) is 0 Å². The smallest absolute Gasteiger partial charge is 0.129 e. The van der Waals surface area contributed by atoms with Crippen molar-refractivity contribution in [1.82, 2.24) is 15.4 Å². The second kappa shape index (κ2) is 4.16. The van der Waals surface area contributed by atoms with Crippen molar-refractivity contribution in [3.8, 4) is 0 Å². The highest BCUT2D eigenvalue weighted by atomic mass is 19.1. The van der Waals surface area contributed by atoms with Crippen molar-refractivity contribution in [3.63, 3.8) is 0 Å². The summed E-state index contributed by atoms with van der Waals surface area (Å²) in [6.07, 6.45) is 2.29. The van der Waals surface area contributed by atoms with Gasteiger partial charge in [0.2, 0.25) is 0 Å². The first kappa shape index (κ1) is 9.76. The van der Waals surface area contributed by atoms with Crippen LogP contribution in [0.1, 0.15) is 11.3 Å². The Kier molecular flexibility index (Phi) is 2.71. The van der Waals surface area contributed by atoms with Crippen LogP contribution < -0.4 is 0 Å². The maximum atomic E-state index is 13.2. The maximum Gasteiger partial charge on any atom is 0.129 e. The summed E-state index contributed by atoms with van der Waals surface area (Å²) in [6.45, 7) is 0. The molecule has 0 bridgehead atoms. The van der Waals surface area contributed by atoms with E-state index in [1.54, 1.807) is 6.20 Å². The molecule has 0 aliphatic rings. The van der Waals surface area contributed by atoms with Crippen LogP contribution in [0.15, 0.2) is 24.4 Å². The molecule has 0 saturated heterocycles. The number of aromatic amines is 1. The van der Waals surface area contributed by atoms with Crippen LogP contribution in [-0.2, 0) is 12.8 Å². The van der Waals surface area contributed by atoms with Crippen molar-refractivity contribution in [2.75, 3.05) is 0 Å². The molecule has 15 heavy (non-hydrogen) atoms. The topological polar surface area (TPSA) is 41.6 Å². The van der Waals surface area contributed by atoms with Crippen LogP contribution in [0.3, 0.4) is 0 Å². The van der Waals surface area contributed by atoms with Gasteiger partial charge in [0.25, 0.3) is 0 Å². The summed E-state index contributed by atoms with van der Waals surface area (Å²) in [5.74, 6) is -1.03. The van der Waals surface area contributed by atoms with E-state index in [2.05, 4.69) is 15.4 Å². The highest BCUT2D eigenvalue weighted by Crippen LogP contribution is 2.14. The molecule has 1 aromatic carbocycles. The number of hydrogen-bond acceptors (Lipinski definition) is 2. The fourth-order valence-corrected chi connectivity index (χ4v) is 1.37. The van der Waals surface area contributed by atoms with Crippen molar-refractivity contribution in [1.29, 1.82) is 0 Å². The molecule has 0 radical (unpaired) electrons. The largest absolute Gasteiger partial charge is 0.207 e. The van der Waals surface area contributed by atoms with Crippen molar-refractivity contribution in [3.05, 3.63) is 47.3 Å². The minimum absolute atomic E-state index is 0.0977. The number of H-pyrrole nitrogens is 1. The van der Waals surface area contributed by atoms with Gasteiger partial charge in [-0.15, -0.1) is 0 Å². The summed E-state index contributed by atoms with van der Waals surface area (Å²) in [4.78, 5) is 0. The average Bonchev–Trinajstić information content (AvgIpc) is 2.70. The van der Waals surface area contributed by atoms with Crippen molar-refractivity contribution in [2.45, 2.75) is 12.8 Å². The van der Waals surface area contributed by atoms with Crippen LogP contribution in [0.5, 0.6) is 0 Å². The molecule has 0 saturated carbocycles. The summed E-state index contributed by atoms with van der Waals surface area (Å²) < 4.78 is 26.4. The van der Waals surface area contributed by atoms with Crippen LogP contribution in [0, 0.1) is 11.6 Å². The van der Waals surface area contributed by atoms with E-state index < -0.39 is 11.6 Å². The predicted octanol–water partition coefficient (Wildman–Crippen LogP) is 1.87. The first-order valence-corrected chi connectivity index (χ1v) is 4.55. The van der Waals surface area contributed by atoms with E-state index in [9.17, 15) is 8.78 Å². The molecule has 0 unspecified atom stereocenters. The second-order valence-corrected chi connectivity index (χ2v) is 3.16. The number of benzene rings is 1. The number of nitrogens with one attached hydrogen (secondary N) is 1. The fraction of sp³-hybridized carbons (Fsp3) is 0.200. The normalized spacial score (nSPS) is 10.5. The van der Waals surface area contributed by atoms with Gasteiger partial charge in [-0.1, -0.05) is 6.07 Å². The number of halogens is 2. The molecule has 0 fully saturated rings. The molecule has 1 N–H and O–H groups in total. The number of hydrogen-bond donors (Lipinski definition) is 1. The standard InChI is InChI=1S/C10H9F2N3/c11-9-2-1-3-10(12)8(9)5-4-7-6-13-15-14-7/h1-3,6H,4-5H2,(H,13,14,15). The molecule has 0 atom stereocenters. The van der Waals surface area contributed by atoms with Gasteiger partial charge in [0.05, 0.1) is 11.9 Å². The van der Waals surface area contributed by atoms with E-state index in [0.29, 0.717) is 12.1 Å². The Labute approximate surface area is 85.1 Å². The van der Waals surface area contributed by atoms with Gasteiger partial charge in [-0.3, -0.25) is 0 Å². The lowest BCUT2D eigenvalue weighted by molar-refractivity contribution is 0.554. The second-order valence-electron chi connectivity index (χ2n) is 3.16. The lowest BCUT2D eigenvalue weighted by atomic mass is 10.1. The van der Waals surface area contributed by atoms with Gasteiger partial charge in [0.15, 0.2) is 0 Å². The molecule has 2 rings (SSSR count). The van der Waals surface area contributed by atoms with Crippen molar-refractivity contribution >= 4 is 0 Å². The first-order chi connectivity index (χ1) is 7.27. The Bertz CT molecular complexity index is 420. The van der Waals surface area contributed by atoms with Crippen molar-refractivity contribution < 1.29 is 8.78 Å². The van der Waals surface area contributed by atoms with E-state index in [-0.39, 0.29) is 12.0 Å². The molecule has 5 heteroatoms. The third-order valence-electron chi connectivity index (χ3n) is 2.16. The molecule has 2 aromatic rings. The maximum absolute atomic E-state index is 13.2. The molecular weight excluding hydrogens is 200 g/mol. The molecule has 0 aliphatic carbocycles. The Hall–Kier alpha value is -1.78. The zero-order valence-corrected chi connectivity index (χ0v) is 7.87. The van der Waals surface area contributed by atoms with Gasteiger partial charge in [-0.2, -0.15) is 15.4 Å². The van der Waals surface area contributed by atoms with Gasteiger partial charge in [-0.25, -0.2) is 8.78 Å². The third kappa shape index (κ3) is 2.18. The lowest BCUT2D eigenvalue weighted by Crippen LogP contribution is -1.98. The lowest BCUT2D eigenvalue weighted by Gasteiger charge is -2.02. The highest BCUT2D eigenvalue weighted by molar-refractivity contribution is 5.20. The average molecular weight is 209 g/mol. The van der Waals surface area contributed by atoms with E-state index >= 15 is 0 Å². The van der Waals surface area contributed by atoms with Crippen molar-refractivity contribution in [2.24, 2.45) is 0 Å². The van der Waals surface area contributed by atoms with Gasteiger partial charge < -0.3 is 0 Å². The Balaban J connectivity index is 2.11. The molecule has 0 amide bonds. The van der Waals surface area contributed by atoms with E-state index in [1.165, 1.54) is 18.2 Å². The molecule has 0 aliphatic heterocycles.